The van der Waals surface area contributed by atoms with E-state index in [1.807, 2.05) is 50.2 Å². The van der Waals surface area contributed by atoms with E-state index < -0.39 is 0 Å². The first kappa shape index (κ1) is 19.2. The largest absolute Gasteiger partial charge is 0.351 e. The van der Waals surface area contributed by atoms with E-state index in [9.17, 15) is 9.59 Å². The van der Waals surface area contributed by atoms with Crippen LogP contribution in [0.2, 0.25) is 0 Å². The minimum absolute atomic E-state index is 0.0185. The van der Waals surface area contributed by atoms with Gasteiger partial charge in [0.25, 0.3) is 0 Å². The van der Waals surface area contributed by atoms with E-state index in [4.69, 9.17) is 0 Å². The first-order valence-corrected chi connectivity index (χ1v) is 9.77. The Morgan fingerprint density at radius 3 is 2.74 bits per heavy atom. The summed E-state index contributed by atoms with van der Waals surface area (Å²) in [6.07, 6.45) is 3.50. The molecule has 2 N–H and O–H groups in total. The Hall–Kier alpha value is -2.62. The molecule has 1 unspecified atom stereocenters. The normalized spacial score (nSPS) is 15.9. The Morgan fingerprint density at radius 2 is 1.93 bits per heavy atom. The van der Waals surface area contributed by atoms with Gasteiger partial charge in [-0.1, -0.05) is 50.2 Å². The fraction of sp³-hybridized carbons (Fsp3) is 0.391. The van der Waals surface area contributed by atoms with Crippen molar-refractivity contribution in [3.05, 3.63) is 65.2 Å². The Kier molecular flexibility index (Phi) is 6.28. The maximum absolute atomic E-state index is 12.7. The van der Waals surface area contributed by atoms with E-state index in [0.29, 0.717) is 18.9 Å². The lowest BCUT2D eigenvalue weighted by atomic mass is 9.82. The van der Waals surface area contributed by atoms with E-state index in [2.05, 4.69) is 22.8 Å². The van der Waals surface area contributed by atoms with Crippen LogP contribution in [-0.4, -0.2) is 11.8 Å². The van der Waals surface area contributed by atoms with Crippen molar-refractivity contribution in [2.24, 2.45) is 5.92 Å². The molecule has 142 valence electrons. The topological polar surface area (TPSA) is 58.2 Å². The van der Waals surface area contributed by atoms with Gasteiger partial charge in [-0.2, -0.15) is 0 Å². The highest BCUT2D eigenvalue weighted by Gasteiger charge is 2.25. The fourth-order valence-electron chi connectivity index (χ4n) is 3.68. The first-order chi connectivity index (χ1) is 13.0. The lowest BCUT2D eigenvalue weighted by Gasteiger charge is -2.24. The quantitative estimate of drug-likeness (QED) is 0.798. The number of fused-ring (bicyclic) bond motifs is 1. The second-order valence-corrected chi connectivity index (χ2v) is 7.71. The lowest BCUT2D eigenvalue weighted by Crippen LogP contribution is -2.31. The zero-order valence-electron chi connectivity index (χ0n) is 16.1. The zero-order chi connectivity index (χ0) is 19.2. The van der Waals surface area contributed by atoms with Crippen LogP contribution in [0.25, 0.3) is 0 Å². The molecule has 4 heteroatoms. The Bertz CT molecular complexity index is 814. The van der Waals surface area contributed by atoms with Gasteiger partial charge in [-0.05, 0) is 54.0 Å². The molecule has 2 aromatic rings. The third kappa shape index (κ3) is 5.19. The number of hydrogen-bond acceptors (Lipinski definition) is 2. The molecule has 0 aromatic heterocycles. The maximum atomic E-state index is 12.7. The molecular weight excluding hydrogens is 336 g/mol. The highest BCUT2D eigenvalue weighted by atomic mass is 16.2. The molecule has 0 aliphatic heterocycles. The van der Waals surface area contributed by atoms with Gasteiger partial charge in [0.1, 0.15) is 0 Å². The number of nitrogens with one attached hydrogen (secondary N) is 2. The van der Waals surface area contributed by atoms with Crippen LogP contribution < -0.4 is 10.6 Å². The molecule has 0 saturated carbocycles. The number of hydrogen-bond donors (Lipinski definition) is 2. The average molecular weight is 364 g/mol. The number of aryl methyl sites for hydroxylation is 1. The molecule has 0 radical (unpaired) electrons. The molecule has 3 rings (SSSR count). The molecule has 4 nitrogen and oxygen atoms in total. The third-order valence-electron chi connectivity index (χ3n) is 4.96. The van der Waals surface area contributed by atoms with Crippen LogP contribution in [0.3, 0.4) is 0 Å². The average Bonchev–Trinajstić information content (AvgIpc) is 2.65. The van der Waals surface area contributed by atoms with E-state index in [-0.39, 0.29) is 17.7 Å². The monoisotopic (exact) mass is 364 g/mol. The smallest absolute Gasteiger partial charge is 0.227 e. The van der Waals surface area contributed by atoms with Crippen LogP contribution >= 0.6 is 0 Å². The molecule has 1 aliphatic carbocycles. The standard InChI is InChI=1S/C23H28N2O2/c1-16(2)13-22(26)25-19-10-5-7-17(14-19)15-24-23(27)21-12-6-9-18-8-3-4-11-20(18)21/h3-5,7-8,10-11,14,16,21H,6,9,12-13,15H2,1-2H3,(H,24,27)(H,25,26). The summed E-state index contributed by atoms with van der Waals surface area (Å²) >= 11 is 0. The fourth-order valence-corrected chi connectivity index (χ4v) is 3.68. The molecule has 0 fully saturated rings. The summed E-state index contributed by atoms with van der Waals surface area (Å²) in [5.74, 6) is 0.358. The van der Waals surface area contributed by atoms with Crippen molar-refractivity contribution in [2.45, 2.75) is 52.0 Å². The van der Waals surface area contributed by atoms with Gasteiger partial charge < -0.3 is 10.6 Å². The molecule has 0 bridgehead atoms. The van der Waals surface area contributed by atoms with Crippen molar-refractivity contribution in [1.29, 1.82) is 0 Å². The summed E-state index contributed by atoms with van der Waals surface area (Å²) in [7, 11) is 0. The van der Waals surface area contributed by atoms with E-state index in [1.54, 1.807) is 0 Å². The van der Waals surface area contributed by atoms with Gasteiger partial charge >= 0.3 is 0 Å². The summed E-state index contributed by atoms with van der Waals surface area (Å²) in [4.78, 5) is 24.7. The molecule has 2 amide bonds. The summed E-state index contributed by atoms with van der Waals surface area (Å²) in [6, 6.07) is 15.9. The first-order valence-electron chi connectivity index (χ1n) is 9.77. The van der Waals surface area contributed by atoms with Gasteiger partial charge in [0.2, 0.25) is 11.8 Å². The SMILES string of the molecule is CC(C)CC(=O)Nc1cccc(CNC(=O)C2CCCc3ccccc32)c1. The predicted octanol–water partition coefficient (Wildman–Crippen LogP) is 4.41. The minimum atomic E-state index is -0.0659. The number of benzene rings is 2. The lowest BCUT2D eigenvalue weighted by molar-refractivity contribution is -0.123. The van der Waals surface area contributed by atoms with Crippen LogP contribution in [-0.2, 0) is 22.6 Å². The molecule has 0 spiro atoms. The van der Waals surface area contributed by atoms with Gasteiger partial charge in [0.05, 0.1) is 5.92 Å². The summed E-state index contributed by atoms with van der Waals surface area (Å²) in [5, 5.41) is 6.00. The Balaban J connectivity index is 1.60. The van der Waals surface area contributed by atoms with Gasteiger partial charge in [-0.15, -0.1) is 0 Å². The highest BCUT2D eigenvalue weighted by molar-refractivity contribution is 5.91. The second kappa shape index (κ2) is 8.85. The van der Waals surface area contributed by atoms with Gasteiger partial charge in [-0.3, -0.25) is 9.59 Å². The van der Waals surface area contributed by atoms with Crippen molar-refractivity contribution in [3.63, 3.8) is 0 Å². The van der Waals surface area contributed by atoms with Crippen LogP contribution in [0.4, 0.5) is 5.69 Å². The van der Waals surface area contributed by atoms with Crippen LogP contribution in [0, 0.1) is 5.92 Å². The molecule has 0 heterocycles. The van der Waals surface area contributed by atoms with Crippen molar-refractivity contribution in [1.82, 2.24) is 5.32 Å². The predicted molar refractivity (Wildman–Crippen MR) is 108 cm³/mol. The van der Waals surface area contributed by atoms with Crippen molar-refractivity contribution < 1.29 is 9.59 Å². The highest BCUT2D eigenvalue weighted by Crippen LogP contribution is 2.31. The van der Waals surface area contributed by atoms with Gasteiger partial charge in [0, 0.05) is 18.7 Å². The summed E-state index contributed by atoms with van der Waals surface area (Å²) in [5.41, 5.74) is 4.21. The third-order valence-corrected chi connectivity index (χ3v) is 4.96. The van der Waals surface area contributed by atoms with E-state index in [0.717, 1.165) is 36.1 Å². The van der Waals surface area contributed by atoms with Crippen molar-refractivity contribution in [2.75, 3.05) is 5.32 Å². The molecule has 0 saturated heterocycles. The zero-order valence-corrected chi connectivity index (χ0v) is 16.1. The summed E-state index contributed by atoms with van der Waals surface area (Å²) < 4.78 is 0. The molecule has 2 aromatic carbocycles. The van der Waals surface area contributed by atoms with Crippen LogP contribution in [0.1, 0.15) is 55.7 Å². The maximum Gasteiger partial charge on any atom is 0.227 e. The van der Waals surface area contributed by atoms with Crippen LogP contribution in [0.5, 0.6) is 0 Å². The summed E-state index contributed by atoms with van der Waals surface area (Å²) in [6.45, 7) is 4.51. The number of rotatable bonds is 6. The molecule has 1 aliphatic rings. The molecule has 27 heavy (non-hydrogen) atoms. The van der Waals surface area contributed by atoms with E-state index in [1.165, 1.54) is 5.56 Å². The van der Waals surface area contributed by atoms with Gasteiger partial charge in [0.15, 0.2) is 0 Å². The number of carbonyl (C=O) groups excluding carboxylic acids is 2. The van der Waals surface area contributed by atoms with Crippen LogP contribution in [0.15, 0.2) is 48.5 Å². The second-order valence-electron chi connectivity index (χ2n) is 7.71. The number of amides is 2. The van der Waals surface area contributed by atoms with Crippen molar-refractivity contribution in [3.8, 4) is 0 Å². The van der Waals surface area contributed by atoms with Gasteiger partial charge in [-0.25, -0.2) is 0 Å². The van der Waals surface area contributed by atoms with E-state index >= 15 is 0 Å². The minimum Gasteiger partial charge on any atom is -0.351 e. The Labute approximate surface area is 161 Å². The molecular formula is C23H28N2O2. The number of anilines is 1. The van der Waals surface area contributed by atoms with Crippen molar-refractivity contribution >= 4 is 17.5 Å². The Morgan fingerprint density at radius 1 is 1.11 bits per heavy atom. The number of carbonyl (C=O) groups is 2. The molecule has 1 atom stereocenters.